The molecule has 2 aromatic heterocycles. The van der Waals surface area contributed by atoms with E-state index in [1.54, 1.807) is 19.1 Å². The van der Waals surface area contributed by atoms with Gasteiger partial charge >= 0.3 is 15.6 Å². The first-order valence-corrected chi connectivity index (χ1v) is 7.02. The monoisotopic (exact) mass is 321 g/mol. The van der Waals surface area contributed by atoms with E-state index in [0.717, 1.165) is 4.68 Å². The van der Waals surface area contributed by atoms with Crippen molar-refractivity contribution < 1.29 is 25.8 Å². The van der Waals surface area contributed by atoms with E-state index in [-0.39, 0.29) is 11.4 Å². The molecule has 6 nitrogen and oxygen atoms in total. The molecule has 10 heteroatoms. The molecule has 21 heavy (non-hydrogen) atoms. The summed E-state index contributed by atoms with van der Waals surface area (Å²) in [4.78, 5) is 4.05. The maximum Gasteiger partial charge on any atom is 0.534 e. The van der Waals surface area contributed by atoms with Gasteiger partial charge < -0.3 is 4.18 Å². The zero-order valence-corrected chi connectivity index (χ0v) is 11.7. The zero-order valence-electron chi connectivity index (χ0n) is 10.9. The average molecular weight is 321 g/mol. The maximum atomic E-state index is 12.4. The van der Waals surface area contributed by atoms with Gasteiger partial charge in [-0.1, -0.05) is 6.07 Å². The van der Waals surface area contributed by atoms with Gasteiger partial charge in [-0.2, -0.15) is 31.4 Å². The van der Waals surface area contributed by atoms with Crippen LogP contribution in [-0.4, -0.2) is 28.7 Å². The molecule has 0 saturated heterocycles. The van der Waals surface area contributed by atoms with Crippen LogP contribution in [0.5, 0.6) is 5.88 Å². The van der Waals surface area contributed by atoms with Crippen molar-refractivity contribution in [3.63, 3.8) is 0 Å². The highest BCUT2D eigenvalue weighted by Gasteiger charge is 2.49. The molecule has 0 radical (unpaired) electrons. The molecule has 0 unspecified atom stereocenters. The second-order valence-corrected chi connectivity index (χ2v) is 5.70. The van der Waals surface area contributed by atoms with Gasteiger partial charge in [0.05, 0.1) is 6.20 Å². The van der Waals surface area contributed by atoms with Crippen molar-refractivity contribution in [3.8, 4) is 11.7 Å². The van der Waals surface area contributed by atoms with Crippen molar-refractivity contribution in [2.24, 2.45) is 0 Å². The zero-order chi connectivity index (χ0) is 15.8. The predicted octanol–water partition coefficient (Wildman–Crippen LogP) is 2.11. The normalized spacial score (nSPS) is 12.4. The first-order valence-electron chi connectivity index (χ1n) is 5.61. The van der Waals surface area contributed by atoms with Gasteiger partial charge in [0, 0.05) is 11.3 Å². The topological polar surface area (TPSA) is 74.1 Å². The summed E-state index contributed by atoms with van der Waals surface area (Å²) in [6, 6.07) is 4.75. The highest BCUT2D eigenvalue weighted by atomic mass is 32.2. The molecular formula is C11H10F3N3O3S. The molecule has 0 fully saturated rings. The van der Waals surface area contributed by atoms with E-state index in [4.69, 9.17) is 0 Å². The molecule has 0 N–H and O–H groups in total. The Hall–Kier alpha value is -2.10. The van der Waals surface area contributed by atoms with E-state index in [1.807, 2.05) is 0 Å². The Morgan fingerprint density at radius 2 is 1.90 bits per heavy atom. The molecule has 0 amide bonds. The first kappa shape index (κ1) is 15.3. The minimum atomic E-state index is -5.77. The minimum Gasteiger partial charge on any atom is -0.355 e. The van der Waals surface area contributed by atoms with E-state index in [9.17, 15) is 21.6 Å². The maximum absolute atomic E-state index is 12.4. The molecule has 0 aliphatic rings. The number of rotatable bonds is 3. The highest BCUT2D eigenvalue weighted by Crippen LogP contribution is 2.29. The van der Waals surface area contributed by atoms with E-state index < -0.39 is 21.5 Å². The SMILES string of the molecule is Cc1cccc(-n2ncc(C)c2OS(=O)(=O)C(F)(F)F)n1. The van der Waals surface area contributed by atoms with E-state index in [1.165, 1.54) is 19.2 Å². The molecule has 2 aromatic rings. The largest absolute Gasteiger partial charge is 0.534 e. The smallest absolute Gasteiger partial charge is 0.355 e. The third kappa shape index (κ3) is 2.99. The molecule has 2 heterocycles. The van der Waals surface area contributed by atoms with Crippen LogP contribution in [0.3, 0.4) is 0 Å². The molecule has 0 spiro atoms. The van der Waals surface area contributed by atoms with Gasteiger partial charge in [0.25, 0.3) is 0 Å². The van der Waals surface area contributed by atoms with Gasteiger partial charge in [-0.25, -0.2) is 4.98 Å². The first-order chi connectivity index (χ1) is 9.62. The van der Waals surface area contributed by atoms with Crippen LogP contribution in [-0.2, 0) is 10.1 Å². The second kappa shape index (κ2) is 5.02. The van der Waals surface area contributed by atoms with Crippen LogP contribution < -0.4 is 4.18 Å². The van der Waals surface area contributed by atoms with Crippen LogP contribution in [0.25, 0.3) is 5.82 Å². The van der Waals surface area contributed by atoms with Crippen LogP contribution in [0.2, 0.25) is 0 Å². The average Bonchev–Trinajstić information content (AvgIpc) is 2.69. The van der Waals surface area contributed by atoms with Crippen LogP contribution in [0, 0.1) is 13.8 Å². The molecule has 0 bridgehead atoms. The number of hydrogen-bond acceptors (Lipinski definition) is 5. The molecule has 0 atom stereocenters. The Morgan fingerprint density at radius 3 is 2.48 bits per heavy atom. The number of alkyl halides is 3. The van der Waals surface area contributed by atoms with Crippen LogP contribution in [0.4, 0.5) is 13.2 Å². The van der Waals surface area contributed by atoms with E-state index >= 15 is 0 Å². The number of pyridine rings is 1. The Labute approximate surface area is 118 Å². The molecule has 0 aliphatic carbocycles. The summed E-state index contributed by atoms with van der Waals surface area (Å²) in [7, 11) is -5.77. The van der Waals surface area contributed by atoms with Crippen LogP contribution in [0.15, 0.2) is 24.4 Å². The molecule has 2 rings (SSSR count). The Kier molecular flexibility index (Phi) is 3.66. The van der Waals surface area contributed by atoms with E-state index in [2.05, 4.69) is 14.3 Å². The fourth-order valence-corrected chi connectivity index (χ4v) is 1.99. The summed E-state index contributed by atoms with van der Waals surface area (Å²) in [6.45, 7) is 3.05. The molecule has 0 saturated carbocycles. The second-order valence-electron chi connectivity index (χ2n) is 4.16. The summed E-state index contributed by atoms with van der Waals surface area (Å²) < 4.78 is 64.5. The number of nitrogens with zero attached hydrogens (tertiary/aromatic N) is 3. The van der Waals surface area contributed by atoms with Crippen LogP contribution >= 0.6 is 0 Å². The lowest BCUT2D eigenvalue weighted by Crippen LogP contribution is -2.29. The predicted molar refractivity (Wildman–Crippen MR) is 66.4 cm³/mol. The molecular weight excluding hydrogens is 311 g/mol. The third-order valence-corrected chi connectivity index (χ3v) is 3.40. The lowest BCUT2D eigenvalue weighted by molar-refractivity contribution is -0.0502. The summed E-state index contributed by atoms with van der Waals surface area (Å²) in [5, 5.41) is 3.79. The Morgan fingerprint density at radius 1 is 1.24 bits per heavy atom. The number of halogens is 3. The standard InChI is InChI=1S/C11H10F3N3O3S/c1-7-6-15-17(9-5-3-4-8(2)16-9)10(7)20-21(18,19)11(12,13)14/h3-6H,1-2H3. The van der Waals surface area contributed by atoms with E-state index in [0.29, 0.717) is 5.69 Å². The lowest BCUT2D eigenvalue weighted by Gasteiger charge is -2.11. The van der Waals surface area contributed by atoms with Gasteiger partial charge in [0.1, 0.15) is 0 Å². The fraction of sp³-hybridized carbons (Fsp3) is 0.273. The summed E-state index contributed by atoms with van der Waals surface area (Å²) >= 11 is 0. The summed E-state index contributed by atoms with van der Waals surface area (Å²) in [6.07, 6.45) is 1.19. The number of hydrogen-bond donors (Lipinski definition) is 0. The van der Waals surface area contributed by atoms with Gasteiger partial charge in [-0.15, -0.1) is 0 Å². The summed E-state index contributed by atoms with van der Waals surface area (Å²) in [5.41, 5.74) is -4.80. The lowest BCUT2D eigenvalue weighted by atomic mass is 10.3. The number of aryl methyl sites for hydroxylation is 2. The molecule has 0 aliphatic heterocycles. The van der Waals surface area contributed by atoms with Crippen molar-refractivity contribution in [3.05, 3.63) is 35.7 Å². The van der Waals surface area contributed by atoms with Gasteiger partial charge in [0.15, 0.2) is 5.82 Å². The van der Waals surface area contributed by atoms with Gasteiger partial charge in [0.2, 0.25) is 5.88 Å². The molecule has 114 valence electrons. The van der Waals surface area contributed by atoms with Crippen LogP contribution in [0.1, 0.15) is 11.3 Å². The number of aromatic nitrogens is 3. The highest BCUT2D eigenvalue weighted by molar-refractivity contribution is 7.87. The van der Waals surface area contributed by atoms with Crippen molar-refractivity contribution in [1.82, 2.24) is 14.8 Å². The quantitative estimate of drug-likeness (QED) is 0.639. The summed E-state index contributed by atoms with van der Waals surface area (Å²) in [5.74, 6) is -0.402. The fourth-order valence-electron chi connectivity index (χ4n) is 1.48. The Bertz CT molecular complexity index is 769. The minimum absolute atomic E-state index is 0.131. The van der Waals surface area contributed by atoms with Crippen molar-refractivity contribution in [2.75, 3.05) is 0 Å². The van der Waals surface area contributed by atoms with Crippen molar-refractivity contribution in [2.45, 2.75) is 19.4 Å². The van der Waals surface area contributed by atoms with Crippen molar-refractivity contribution in [1.29, 1.82) is 0 Å². The van der Waals surface area contributed by atoms with Crippen molar-refractivity contribution >= 4 is 10.1 Å². The molecule has 0 aromatic carbocycles. The van der Waals surface area contributed by atoms with Gasteiger partial charge in [-0.05, 0) is 26.0 Å². The Balaban J connectivity index is 2.50. The third-order valence-electron chi connectivity index (χ3n) is 2.46. The van der Waals surface area contributed by atoms with Gasteiger partial charge in [-0.3, -0.25) is 0 Å².